The Hall–Kier alpha value is -1.38. The van der Waals surface area contributed by atoms with Crippen LogP contribution in [0, 0.1) is 18.2 Å². The molecule has 0 aliphatic rings. The Morgan fingerprint density at radius 3 is 2.36 bits per heavy atom. The van der Waals surface area contributed by atoms with E-state index < -0.39 is 5.82 Å². The molecule has 1 aromatic rings. The van der Waals surface area contributed by atoms with Gasteiger partial charge in [0, 0.05) is 12.7 Å². The van der Waals surface area contributed by atoms with Crippen molar-refractivity contribution in [3.63, 3.8) is 0 Å². The largest absolute Gasteiger partial charge is 0.396 e. The van der Waals surface area contributed by atoms with Crippen LogP contribution in [0.2, 0.25) is 0 Å². The lowest BCUT2D eigenvalue weighted by atomic mass is 10.1. The Bertz CT molecular complexity index is 338. The van der Waals surface area contributed by atoms with Gasteiger partial charge in [-0.05, 0) is 19.4 Å². The van der Waals surface area contributed by atoms with Gasteiger partial charge in [0.2, 0.25) is 0 Å². The molecule has 2 nitrogen and oxygen atoms in total. The lowest BCUT2D eigenvalue weighted by Gasteiger charge is -2.06. The molecule has 80 valence electrons. The summed E-state index contributed by atoms with van der Waals surface area (Å²) in [7, 11) is 0. The summed E-state index contributed by atoms with van der Waals surface area (Å²) in [6.07, 6.45) is 0. The van der Waals surface area contributed by atoms with Crippen LogP contribution in [0.5, 0.6) is 0 Å². The maximum absolute atomic E-state index is 13.1. The first kappa shape index (κ1) is 12.6. The fourth-order valence-electron chi connectivity index (χ4n) is 1.03. The van der Waals surface area contributed by atoms with Gasteiger partial charge in [-0.3, -0.25) is 0 Å². The molecule has 0 heterocycles. The summed E-state index contributed by atoms with van der Waals surface area (Å²) in [6, 6.07) is 3.29. The van der Waals surface area contributed by atoms with Crippen molar-refractivity contribution >= 4 is 11.4 Å². The van der Waals surface area contributed by atoms with Crippen molar-refractivity contribution in [2.45, 2.75) is 27.7 Å². The highest BCUT2D eigenvalue weighted by Gasteiger charge is 2.08. The molecule has 0 aromatic heterocycles. The van der Waals surface area contributed by atoms with Crippen molar-refractivity contribution in [3.05, 3.63) is 29.1 Å². The molecule has 14 heavy (non-hydrogen) atoms. The second-order valence-corrected chi connectivity index (χ2v) is 2.78. The summed E-state index contributed by atoms with van der Waals surface area (Å²) in [4.78, 5) is 0. The smallest absolute Gasteiger partial charge is 0.149 e. The highest BCUT2D eigenvalue weighted by Crippen LogP contribution is 2.19. The van der Waals surface area contributed by atoms with Gasteiger partial charge < -0.3 is 11.1 Å². The van der Waals surface area contributed by atoms with Crippen molar-refractivity contribution in [1.29, 1.82) is 5.41 Å². The van der Waals surface area contributed by atoms with Gasteiger partial charge in [0.05, 0.1) is 5.69 Å². The third-order valence-corrected chi connectivity index (χ3v) is 1.78. The highest BCUT2D eigenvalue weighted by atomic mass is 19.1. The monoisotopic (exact) mass is 198 g/mol. The zero-order valence-corrected chi connectivity index (χ0v) is 9.11. The van der Waals surface area contributed by atoms with E-state index in [0.717, 1.165) is 0 Å². The molecule has 0 unspecified atom stereocenters. The number of aryl methyl sites for hydroxylation is 1. The number of anilines is 1. The van der Waals surface area contributed by atoms with Crippen molar-refractivity contribution < 1.29 is 5.82 Å². The molecule has 0 aliphatic heterocycles. The number of nitrogens with one attached hydrogen (secondary N) is 1. The summed E-state index contributed by atoms with van der Waals surface area (Å²) in [5.74, 6) is -0.417. The molecule has 1 aromatic carbocycles. The van der Waals surface area contributed by atoms with E-state index in [-0.39, 0.29) is 12.8 Å². The fraction of sp³-hybridized carbons (Fsp3) is 0.364. The van der Waals surface area contributed by atoms with Crippen LogP contribution >= 0.6 is 0 Å². The Kier molecular flexibility index (Phi) is 4.84. The molecule has 0 bridgehead atoms. The molecule has 0 spiro atoms. The van der Waals surface area contributed by atoms with Crippen LogP contribution in [0.3, 0.4) is 0 Å². The Balaban J connectivity index is 0. The Morgan fingerprint density at radius 2 is 1.93 bits per heavy atom. The van der Waals surface area contributed by atoms with Crippen LogP contribution in [0.1, 0.15) is 33.3 Å². The van der Waals surface area contributed by atoms with E-state index in [1.165, 1.54) is 0 Å². The lowest BCUT2D eigenvalue weighted by Crippen LogP contribution is -2.03. The van der Waals surface area contributed by atoms with Gasteiger partial charge >= 0.3 is 0 Å². The van der Waals surface area contributed by atoms with E-state index in [9.17, 15) is 4.39 Å². The van der Waals surface area contributed by atoms with Crippen LogP contribution in [0.4, 0.5) is 10.1 Å². The average Bonchev–Trinajstić information content (AvgIpc) is 2.17. The molecule has 0 saturated heterocycles. The number of nitrogen functional groups attached to an aromatic ring is 1. The van der Waals surface area contributed by atoms with Gasteiger partial charge in [-0.15, -0.1) is 0 Å². The molecular weight excluding hydrogens is 179 g/mol. The molecule has 0 atom stereocenters. The quantitative estimate of drug-likeness (QED) is 0.527. The molecule has 3 N–H and O–H groups in total. The van der Waals surface area contributed by atoms with E-state index >= 15 is 0 Å². The van der Waals surface area contributed by atoms with E-state index in [0.29, 0.717) is 11.1 Å². The minimum atomic E-state index is -0.417. The summed E-state index contributed by atoms with van der Waals surface area (Å²) in [5, 5.41) is 7.30. The van der Waals surface area contributed by atoms with Gasteiger partial charge in [0.25, 0.3) is 0 Å². The Labute approximate surface area is 85.9 Å². The molecular formula is C11H19FN2. The van der Waals surface area contributed by atoms with Gasteiger partial charge in [0.1, 0.15) is 5.82 Å². The predicted molar refractivity (Wildman–Crippen MR) is 61.5 cm³/mol. The number of benzene rings is 1. The van der Waals surface area contributed by atoms with E-state index in [1.54, 1.807) is 26.0 Å². The Morgan fingerprint density at radius 1 is 1.43 bits per heavy atom. The predicted octanol–water partition coefficient (Wildman–Crippen LogP) is 3.38. The molecule has 0 amide bonds. The van der Waals surface area contributed by atoms with Crippen LogP contribution in [0.25, 0.3) is 0 Å². The van der Waals surface area contributed by atoms with Gasteiger partial charge in [0.15, 0.2) is 0 Å². The summed E-state index contributed by atoms with van der Waals surface area (Å²) < 4.78 is 13.1. The molecule has 0 saturated carbocycles. The standard InChI is InChI=1S/C9H11FN2.C2H6.H2/c1-5-3-4-7(6(2)11)9(12)8(5)10;1-2;/h3-4,11H,12H2,1-2H3;1-2H3;1H. The second-order valence-electron chi connectivity index (χ2n) is 2.78. The highest BCUT2D eigenvalue weighted by molar-refractivity contribution is 6.01. The van der Waals surface area contributed by atoms with E-state index in [4.69, 9.17) is 11.1 Å². The third-order valence-electron chi connectivity index (χ3n) is 1.78. The van der Waals surface area contributed by atoms with E-state index in [2.05, 4.69) is 0 Å². The molecule has 1 rings (SSSR count). The van der Waals surface area contributed by atoms with Gasteiger partial charge in [-0.25, -0.2) is 4.39 Å². The lowest BCUT2D eigenvalue weighted by molar-refractivity contribution is 0.623. The number of halogens is 1. The first-order valence-corrected chi connectivity index (χ1v) is 4.64. The zero-order valence-electron chi connectivity index (χ0n) is 9.11. The van der Waals surface area contributed by atoms with Crippen LogP contribution in [-0.2, 0) is 0 Å². The van der Waals surface area contributed by atoms with E-state index in [1.807, 2.05) is 13.8 Å². The number of rotatable bonds is 1. The first-order chi connectivity index (χ1) is 6.54. The molecule has 0 radical (unpaired) electrons. The van der Waals surface area contributed by atoms with Crippen molar-refractivity contribution in [1.82, 2.24) is 0 Å². The number of hydrogen-bond donors (Lipinski definition) is 2. The average molecular weight is 198 g/mol. The number of hydrogen-bond acceptors (Lipinski definition) is 2. The molecule has 0 fully saturated rings. The van der Waals surface area contributed by atoms with Crippen LogP contribution in [-0.4, -0.2) is 5.71 Å². The molecule has 3 heteroatoms. The summed E-state index contributed by atoms with van der Waals surface area (Å²) in [5.41, 5.74) is 6.81. The van der Waals surface area contributed by atoms with Crippen molar-refractivity contribution in [2.24, 2.45) is 0 Å². The first-order valence-electron chi connectivity index (χ1n) is 4.64. The number of nitrogens with two attached hydrogens (primary N) is 1. The van der Waals surface area contributed by atoms with Gasteiger partial charge in [-0.2, -0.15) is 0 Å². The minimum Gasteiger partial charge on any atom is -0.396 e. The molecule has 0 aliphatic carbocycles. The zero-order chi connectivity index (χ0) is 11.3. The normalized spacial score (nSPS) is 8.93. The van der Waals surface area contributed by atoms with Crippen molar-refractivity contribution in [3.8, 4) is 0 Å². The maximum atomic E-state index is 13.1. The summed E-state index contributed by atoms with van der Waals surface area (Å²) in [6.45, 7) is 7.23. The topological polar surface area (TPSA) is 49.9 Å². The second kappa shape index (κ2) is 5.37. The van der Waals surface area contributed by atoms with Gasteiger partial charge in [-0.1, -0.05) is 26.0 Å². The third kappa shape index (κ3) is 2.55. The maximum Gasteiger partial charge on any atom is 0.149 e. The minimum absolute atomic E-state index is 0. The summed E-state index contributed by atoms with van der Waals surface area (Å²) >= 11 is 0. The van der Waals surface area contributed by atoms with Crippen LogP contribution in [0.15, 0.2) is 12.1 Å². The fourth-order valence-corrected chi connectivity index (χ4v) is 1.03. The van der Waals surface area contributed by atoms with Crippen molar-refractivity contribution in [2.75, 3.05) is 5.73 Å². The van der Waals surface area contributed by atoms with Crippen LogP contribution < -0.4 is 5.73 Å². The SMILES string of the molecule is CC.CC(=N)c1ccc(C)c(F)c1N.[HH].